The molecule has 2 aromatic rings. The van der Waals surface area contributed by atoms with Crippen molar-refractivity contribution < 1.29 is 28.6 Å². The van der Waals surface area contributed by atoms with Gasteiger partial charge in [-0.15, -0.1) is 0 Å². The summed E-state index contributed by atoms with van der Waals surface area (Å²) in [6.45, 7) is 2.16. The van der Waals surface area contributed by atoms with Gasteiger partial charge in [0.2, 0.25) is 0 Å². The van der Waals surface area contributed by atoms with Gasteiger partial charge in [-0.25, -0.2) is 15.0 Å². The number of hydrogen-bond donors (Lipinski definition) is 3. The highest BCUT2D eigenvalue weighted by atomic mass is 31.1. The lowest BCUT2D eigenvalue weighted by atomic mass is 10.1. The fourth-order valence-electron chi connectivity index (χ4n) is 3.32. The van der Waals surface area contributed by atoms with Crippen molar-refractivity contribution in [3.63, 3.8) is 0 Å². The molecule has 12 heteroatoms. The first-order valence-electron chi connectivity index (χ1n) is 9.27. The SMILES string of the molecule is CCCCCCOC1C(O[PH](=O)O)C(CO)OC1n1cnc2c(N)ncnc21. The number of ether oxygens (including phenoxy) is 2. The zero-order valence-electron chi connectivity index (χ0n) is 15.6. The molecule has 11 nitrogen and oxygen atoms in total. The maximum atomic E-state index is 11.3. The number of nitrogen functional groups attached to an aromatic ring is 1. The highest BCUT2D eigenvalue weighted by Crippen LogP contribution is 2.38. The number of nitrogens with two attached hydrogens (primary N) is 1. The van der Waals surface area contributed by atoms with E-state index in [0.29, 0.717) is 17.8 Å². The molecule has 0 saturated carbocycles. The minimum atomic E-state index is -3.26. The van der Waals surface area contributed by atoms with Crippen LogP contribution in [0.1, 0.15) is 38.8 Å². The smallest absolute Gasteiger partial charge is 0.317 e. The molecule has 3 heterocycles. The highest BCUT2D eigenvalue weighted by Gasteiger charge is 2.48. The Bertz CT molecular complexity index is 805. The minimum absolute atomic E-state index is 0.228. The fourth-order valence-corrected chi connectivity index (χ4v) is 3.84. The van der Waals surface area contributed by atoms with Crippen molar-refractivity contribution in [1.82, 2.24) is 19.5 Å². The van der Waals surface area contributed by atoms with Crippen molar-refractivity contribution in [3.05, 3.63) is 12.7 Å². The van der Waals surface area contributed by atoms with Gasteiger partial charge < -0.3 is 29.7 Å². The second-order valence-electron chi connectivity index (χ2n) is 6.58. The van der Waals surface area contributed by atoms with Gasteiger partial charge in [0.15, 0.2) is 17.7 Å². The first-order chi connectivity index (χ1) is 13.6. The first-order valence-corrected chi connectivity index (χ1v) is 10.5. The van der Waals surface area contributed by atoms with Crippen molar-refractivity contribution in [2.45, 2.75) is 57.1 Å². The third-order valence-electron chi connectivity index (χ3n) is 4.67. The van der Waals surface area contributed by atoms with E-state index in [1.54, 1.807) is 4.57 Å². The second kappa shape index (κ2) is 9.73. The van der Waals surface area contributed by atoms with Crippen LogP contribution in [-0.2, 0) is 18.6 Å². The first kappa shape index (κ1) is 21.1. The number of aliphatic hydroxyl groups is 1. The number of aromatic nitrogens is 4. The van der Waals surface area contributed by atoms with Crippen LogP contribution in [-0.4, -0.2) is 61.0 Å². The van der Waals surface area contributed by atoms with E-state index in [4.69, 9.17) is 19.7 Å². The highest BCUT2D eigenvalue weighted by molar-refractivity contribution is 7.32. The van der Waals surface area contributed by atoms with Gasteiger partial charge in [-0.1, -0.05) is 26.2 Å². The van der Waals surface area contributed by atoms with Crippen molar-refractivity contribution in [2.75, 3.05) is 18.9 Å². The van der Waals surface area contributed by atoms with E-state index in [9.17, 15) is 14.6 Å². The van der Waals surface area contributed by atoms with Crippen molar-refractivity contribution in [2.24, 2.45) is 0 Å². The Kier molecular flexibility index (Phi) is 7.33. The molecule has 1 saturated heterocycles. The maximum Gasteiger partial charge on any atom is 0.317 e. The minimum Gasteiger partial charge on any atom is -0.394 e. The molecule has 1 aliphatic rings. The standard InChI is InChI=1S/C16H26N5O6P/c1-2-3-4-5-6-25-13-12(27-28(23)24)10(7-22)26-16(13)21-9-20-11-14(17)18-8-19-15(11)21/h8-10,12-13,16,22,28H,2-7H2,1H3,(H,23,24)(H2,17,18,19). The van der Waals surface area contributed by atoms with Crippen LogP contribution in [0, 0.1) is 0 Å². The van der Waals surface area contributed by atoms with Crippen LogP contribution < -0.4 is 5.73 Å². The van der Waals surface area contributed by atoms with Gasteiger partial charge in [-0.3, -0.25) is 9.13 Å². The van der Waals surface area contributed by atoms with E-state index in [0.717, 1.165) is 25.7 Å². The summed E-state index contributed by atoms with van der Waals surface area (Å²) in [5.74, 6) is 0.228. The Hall–Kier alpha value is -1.62. The zero-order chi connectivity index (χ0) is 20.1. The van der Waals surface area contributed by atoms with E-state index >= 15 is 0 Å². The molecule has 156 valence electrons. The van der Waals surface area contributed by atoms with Crippen LogP contribution in [0.4, 0.5) is 5.82 Å². The molecule has 5 atom stereocenters. The van der Waals surface area contributed by atoms with E-state index in [-0.39, 0.29) is 5.82 Å². The number of fused-ring (bicyclic) bond motifs is 1. The fraction of sp³-hybridized carbons (Fsp3) is 0.688. The number of aliphatic hydroxyl groups excluding tert-OH is 1. The quantitative estimate of drug-likeness (QED) is 0.378. The summed E-state index contributed by atoms with van der Waals surface area (Å²) in [7, 11) is -3.26. The molecule has 28 heavy (non-hydrogen) atoms. The summed E-state index contributed by atoms with van der Waals surface area (Å²) in [6.07, 6.45) is 3.63. The largest absolute Gasteiger partial charge is 0.394 e. The number of anilines is 1. The molecule has 3 rings (SSSR count). The lowest BCUT2D eigenvalue weighted by Gasteiger charge is -2.24. The molecular weight excluding hydrogens is 389 g/mol. The Morgan fingerprint density at radius 1 is 1.29 bits per heavy atom. The molecule has 0 aromatic carbocycles. The van der Waals surface area contributed by atoms with E-state index in [1.165, 1.54) is 12.7 Å². The van der Waals surface area contributed by atoms with E-state index in [1.807, 2.05) is 0 Å². The third-order valence-corrected chi connectivity index (χ3v) is 5.15. The van der Waals surface area contributed by atoms with Gasteiger partial charge in [-0.05, 0) is 6.42 Å². The lowest BCUT2D eigenvalue weighted by molar-refractivity contribution is -0.0705. The van der Waals surface area contributed by atoms with Gasteiger partial charge >= 0.3 is 8.25 Å². The molecular formula is C16H26N5O6P. The summed E-state index contributed by atoms with van der Waals surface area (Å²) < 4.78 is 30.0. The second-order valence-corrected chi connectivity index (χ2v) is 7.34. The summed E-state index contributed by atoms with van der Waals surface area (Å²) in [5, 5.41) is 9.68. The predicted molar refractivity (Wildman–Crippen MR) is 101 cm³/mol. The van der Waals surface area contributed by atoms with Crippen LogP contribution >= 0.6 is 8.25 Å². The third kappa shape index (κ3) is 4.51. The van der Waals surface area contributed by atoms with Crippen LogP contribution in [0.25, 0.3) is 11.2 Å². The average molecular weight is 415 g/mol. The van der Waals surface area contributed by atoms with Gasteiger partial charge in [-0.2, -0.15) is 0 Å². The molecule has 4 N–H and O–H groups in total. The van der Waals surface area contributed by atoms with Gasteiger partial charge in [0.25, 0.3) is 0 Å². The van der Waals surface area contributed by atoms with Crippen LogP contribution in [0.5, 0.6) is 0 Å². The Balaban J connectivity index is 1.87. The molecule has 0 amide bonds. The monoisotopic (exact) mass is 415 g/mol. The van der Waals surface area contributed by atoms with E-state index < -0.39 is 39.4 Å². The van der Waals surface area contributed by atoms with Crippen molar-refractivity contribution in [1.29, 1.82) is 0 Å². The molecule has 0 bridgehead atoms. The van der Waals surface area contributed by atoms with Crippen molar-refractivity contribution >= 4 is 25.2 Å². The van der Waals surface area contributed by atoms with Gasteiger partial charge in [0.05, 0.1) is 12.9 Å². The maximum absolute atomic E-state index is 11.3. The molecule has 1 aliphatic heterocycles. The normalized spacial score (nSPS) is 26.1. The van der Waals surface area contributed by atoms with Crippen LogP contribution in [0.15, 0.2) is 12.7 Å². The van der Waals surface area contributed by atoms with E-state index in [2.05, 4.69) is 21.9 Å². The van der Waals surface area contributed by atoms with Crippen LogP contribution in [0.3, 0.4) is 0 Å². The summed E-state index contributed by atoms with van der Waals surface area (Å²) in [5.41, 5.74) is 6.69. The lowest BCUT2D eigenvalue weighted by Crippen LogP contribution is -2.37. The Morgan fingerprint density at radius 3 is 2.82 bits per heavy atom. The van der Waals surface area contributed by atoms with Gasteiger partial charge in [0.1, 0.15) is 30.2 Å². The van der Waals surface area contributed by atoms with Gasteiger partial charge in [0, 0.05) is 6.61 Å². The number of unbranched alkanes of at least 4 members (excludes halogenated alkanes) is 3. The number of nitrogens with zero attached hydrogens (tertiary/aromatic N) is 4. The topological polar surface area (TPSA) is 155 Å². The average Bonchev–Trinajstić information content (AvgIpc) is 3.24. The Labute approximate surface area is 162 Å². The predicted octanol–water partition coefficient (Wildman–Crippen LogP) is 1.03. The summed E-state index contributed by atoms with van der Waals surface area (Å²) in [4.78, 5) is 21.6. The molecule has 2 aromatic heterocycles. The van der Waals surface area contributed by atoms with Crippen LogP contribution in [0.2, 0.25) is 0 Å². The van der Waals surface area contributed by atoms with Crippen molar-refractivity contribution in [3.8, 4) is 0 Å². The molecule has 5 unspecified atom stereocenters. The zero-order valence-corrected chi connectivity index (χ0v) is 16.6. The molecule has 0 spiro atoms. The Morgan fingerprint density at radius 2 is 2.11 bits per heavy atom. The summed E-state index contributed by atoms with van der Waals surface area (Å²) in [6, 6.07) is 0. The summed E-state index contributed by atoms with van der Waals surface area (Å²) >= 11 is 0. The molecule has 1 fully saturated rings. The molecule has 0 aliphatic carbocycles. The molecule has 0 radical (unpaired) electrons. The number of hydrogen-bond acceptors (Lipinski definition) is 9. The number of rotatable bonds is 10. The number of imidazole rings is 1.